The van der Waals surface area contributed by atoms with Crippen LogP contribution in [0.4, 0.5) is 5.69 Å². The topological polar surface area (TPSA) is 55.1 Å². The van der Waals surface area contributed by atoms with Gasteiger partial charge in [-0.1, -0.05) is 26.0 Å². The van der Waals surface area contributed by atoms with Crippen LogP contribution in [0.5, 0.6) is 0 Å². The third-order valence-electron chi connectivity index (χ3n) is 5.75. The highest BCUT2D eigenvalue weighted by molar-refractivity contribution is 6.04. The summed E-state index contributed by atoms with van der Waals surface area (Å²) in [6, 6.07) is 19.5. The first-order valence-electron chi connectivity index (χ1n) is 10.3. The van der Waals surface area contributed by atoms with E-state index in [1.54, 1.807) is 0 Å². The zero-order valence-corrected chi connectivity index (χ0v) is 17.8. The maximum atomic E-state index is 12.5. The second kappa shape index (κ2) is 8.15. The van der Waals surface area contributed by atoms with Crippen molar-refractivity contribution < 1.29 is 9.21 Å². The minimum absolute atomic E-state index is 0.120. The van der Waals surface area contributed by atoms with E-state index in [0.717, 1.165) is 34.3 Å². The van der Waals surface area contributed by atoms with E-state index in [-0.39, 0.29) is 5.91 Å². The third-order valence-corrected chi connectivity index (χ3v) is 5.75. The molecule has 1 N–H and O–H groups in total. The Morgan fingerprint density at radius 3 is 2.47 bits per heavy atom. The minimum atomic E-state index is -0.120. The molecule has 0 aliphatic carbocycles. The third kappa shape index (κ3) is 3.99. The fourth-order valence-electron chi connectivity index (χ4n) is 3.39. The van der Waals surface area contributed by atoms with Gasteiger partial charge < -0.3 is 9.73 Å². The van der Waals surface area contributed by atoms with Gasteiger partial charge in [-0.05, 0) is 91.4 Å². The van der Waals surface area contributed by atoms with Crippen LogP contribution in [0.15, 0.2) is 65.1 Å². The Kier molecular flexibility index (Phi) is 5.40. The van der Waals surface area contributed by atoms with Crippen molar-refractivity contribution in [3.8, 4) is 11.5 Å². The zero-order valence-electron chi connectivity index (χ0n) is 17.8. The lowest BCUT2D eigenvalue weighted by Gasteiger charge is -2.07. The summed E-state index contributed by atoms with van der Waals surface area (Å²) in [7, 11) is 0. The quantitative estimate of drug-likeness (QED) is 0.399. The smallest absolute Gasteiger partial charge is 0.255 e. The molecule has 0 spiro atoms. The number of nitrogens with one attached hydrogen (secondary N) is 1. The molecule has 4 nitrogen and oxygen atoms in total. The fraction of sp³-hybridized carbons (Fsp3) is 0.231. The minimum Gasteiger partial charge on any atom is -0.436 e. The second-order valence-corrected chi connectivity index (χ2v) is 7.89. The Morgan fingerprint density at radius 1 is 1.00 bits per heavy atom. The molecule has 0 bridgehead atoms. The molecule has 1 heterocycles. The summed E-state index contributed by atoms with van der Waals surface area (Å²) in [5.74, 6) is 0.957. The lowest BCUT2D eigenvalue weighted by molar-refractivity contribution is 0.102. The molecule has 0 fully saturated rings. The van der Waals surface area contributed by atoms with Crippen LogP contribution in [-0.2, 0) is 0 Å². The molecule has 1 amide bonds. The Balaban J connectivity index is 1.53. The molecule has 0 saturated carbocycles. The van der Waals surface area contributed by atoms with Gasteiger partial charge in [0, 0.05) is 16.8 Å². The van der Waals surface area contributed by atoms with E-state index in [1.807, 2.05) is 62.4 Å². The molecule has 1 aromatic heterocycles. The first-order chi connectivity index (χ1) is 14.4. The van der Waals surface area contributed by atoms with Crippen LogP contribution >= 0.6 is 0 Å². The van der Waals surface area contributed by atoms with Gasteiger partial charge in [-0.25, -0.2) is 4.98 Å². The number of hydrogen-bond acceptors (Lipinski definition) is 3. The number of hydrogen-bond donors (Lipinski definition) is 1. The van der Waals surface area contributed by atoms with Gasteiger partial charge in [-0.15, -0.1) is 0 Å². The number of carbonyl (C=O) groups is 1. The van der Waals surface area contributed by atoms with Gasteiger partial charge in [-0.2, -0.15) is 0 Å². The number of aromatic nitrogens is 1. The van der Waals surface area contributed by atoms with E-state index in [2.05, 4.69) is 36.3 Å². The highest BCUT2D eigenvalue weighted by Gasteiger charge is 2.12. The van der Waals surface area contributed by atoms with Gasteiger partial charge in [0.15, 0.2) is 5.58 Å². The van der Waals surface area contributed by atoms with Crippen LogP contribution in [0.25, 0.3) is 22.6 Å². The second-order valence-electron chi connectivity index (χ2n) is 7.89. The Hall–Kier alpha value is -3.40. The Labute approximate surface area is 177 Å². The SMILES string of the molecule is CC[C@H](C)c1ccc2oc(-c3ccc(NC(=O)c4ccc(C)c(C)c4)cc3)nc2c1. The number of anilines is 1. The van der Waals surface area contributed by atoms with Gasteiger partial charge in [-0.3, -0.25) is 4.79 Å². The lowest BCUT2D eigenvalue weighted by atomic mass is 9.98. The van der Waals surface area contributed by atoms with Crippen molar-refractivity contribution in [2.45, 2.75) is 40.0 Å². The number of benzene rings is 3. The molecule has 4 rings (SSSR count). The largest absolute Gasteiger partial charge is 0.436 e. The summed E-state index contributed by atoms with van der Waals surface area (Å²) in [4.78, 5) is 17.2. The number of oxazole rings is 1. The molecule has 0 aliphatic heterocycles. The molecule has 152 valence electrons. The summed E-state index contributed by atoms with van der Waals surface area (Å²) in [5, 5.41) is 2.95. The molecule has 4 heteroatoms. The van der Waals surface area contributed by atoms with Crippen molar-refractivity contribution >= 4 is 22.7 Å². The average molecular weight is 399 g/mol. The van der Waals surface area contributed by atoms with E-state index in [0.29, 0.717) is 17.4 Å². The summed E-state index contributed by atoms with van der Waals surface area (Å²) in [5.41, 5.74) is 7.46. The molecule has 3 aromatic carbocycles. The fourth-order valence-corrected chi connectivity index (χ4v) is 3.39. The average Bonchev–Trinajstić information content (AvgIpc) is 3.19. The van der Waals surface area contributed by atoms with Crippen LogP contribution in [0.2, 0.25) is 0 Å². The van der Waals surface area contributed by atoms with Crippen molar-refractivity contribution in [3.63, 3.8) is 0 Å². The molecule has 1 atom stereocenters. The predicted molar refractivity (Wildman–Crippen MR) is 122 cm³/mol. The van der Waals surface area contributed by atoms with Crippen LogP contribution < -0.4 is 5.32 Å². The molecular weight excluding hydrogens is 372 g/mol. The predicted octanol–water partition coefficient (Wildman–Crippen LogP) is 6.88. The summed E-state index contributed by atoms with van der Waals surface area (Å²) in [6.45, 7) is 8.44. The van der Waals surface area contributed by atoms with Crippen molar-refractivity contribution in [2.75, 3.05) is 5.32 Å². The van der Waals surface area contributed by atoms with Gasteiger partial charge in [0.25, 0.3) is 5.91 Å². The number of fused-ring (bicyclic) bond motifs is 1. The molecular formula is C26H26N2O2. The monoisotopic (exact) mass is 398 g/mol. The highest BCUT2D eigenvalue weighted by atomic mass is 16.3. The van der Waals surface area contributed by atoms with Gasteiger partial charge in [0.2, 0.25) is 5.89 Å². The van der Waals surface area contributed by atoms with Crippen LogP contribution in [0.1, 0.15) is 53.2 Å². The van der Waals surface area contributed by atoms with E-state index >= 15 is 0 Å². The Morgan fingerprint density at radius 2 is 1.77 bits per heavy atom. The molecule has 30 heavy (non-hydrogen) atoms. The molecule has 4 aromatic rings. The van der Waals surface area contributed by atoms with Crippen molar-refractivity contribution in [1.29, 1.82) is 0 Å². The van der Waals surface area contributed by atoms with Crippen LogP contribution in [0.3, 0.4) is 0 Å². The zero-order chi connectivity index (χ0) is 21.3. The summed E-state index contributed by atoms with van der Waals surface area (Å²) < 4.78 is 5.94. The molecule has 0 radical (unpaired) electrons. The first kappa shape index (κ1) is 19.9. The normalized spacial score (nSPS) is 12.1. The first-order valence-corrected chi connectivity index (χ1v) is 10.3. The maximum Gasteiger partial charge on any atom is 0.255 e. The maximum absolute atomic E-state index is 12.5. The number of aryl methyl sites for hydroxylation is 2. The van der Waals surface area contributed by atoms with E-state index < -0.39 is 0 Å². The number of rotatable bonds is 5. The van der Waals surface area contributed by atoms with E-state index in [4.69, 9.17) is 4.42 Å². The van der Waals surface area contributed by atoms with Crippen LogP contribution in [0, 0.1) is 13.8 Å². The summed E-state index contributed by atoms with van der Waals surface area (Å²) >= 11 is 0. The number of carbonyl (C=O) groups excluding carboxylic acids is 1. The van der Waals surface area contributed by atoms with Crippen molar-refractivity contribution in [1.82, 2.24) is 4.98 Å². The van der Waals surface area contributed by atoms with E-state index in [1.165, 1.54) is 11.1 Å². The van der Waals surface area contributed by atoms with Crippen LogP contribution in [-0.4, -0.2) is 10.9 Å². The highest BCUT2D eigenvalue weighted by Crippen LogP contribution is 2.28. The summed E-state index contributed by atoms with van der Waals surface area (Å²) in [6.07, 6.45) is 1.09. The Bertz CT molecular complexity index is 1210. The molecule has 0 aliphatic rings. The van der Waals surface area contributed by atoms with Crippen molar-refractivity contribution in [2.24, 2.45) is 0 Å². The van der Waals surface area contributed by atoms with E-state index in [9.17, 15) is 4.79 Å². The lowest BCUT2D eigenvalue weighted by Crippen LogP contribution is -2.12. The van der Waals surface area contributed by atoms with Gasteiger partial charge >= 0.3 is 0 Å². The molecule has 0 saturated heterocycles. The van der Waals surface area contributed by atoms with Gasteiger partial charge in [0.05, 0.1) is 0 Å². The number of amides is 1. The van der Waals surface area contributed by atoms with Gasteiger partial charge in [0.1, 0.15) is 5.52 Å². The number of nitrogens with zero attached hydrogens (tertiary/aromatic N) is 1. The molecule has 0 unspecified atom stereocenters. The van der Waals surface area contributed by atoms with Crippen molar-refractivity contribution in [3.05, 3.63) is 82.9 Å². The standard InChI is InChI=1S/C26H26N2O2/c1-5-16(2)20-10-13-24-23(15-20)28-26(30-24)19-8-11-22(12-9-19)27-25(29)21-7-6-17(3)18(4)14-21/h6-16H,5H2,1-4H3,(H,27,29)/t16-/m0/s1.